The van der Waals surface area contributed by atoms with Gasteiger partial charge in [0.2, 0.25) is 11.2 Å². The van der Waals surface area contributed by atoms with Crippen LogP contribution in [0, 0.1) is 6.92 Å². The van der Waals surface area contributed by atoms with Crippen molar-refractivity contribution in [2.45, 2.75) is 6.92 Å². The lowest BCUT2D eigenvalue weighted by atomic mass is 10.1. The van der Waals surface area contributed by atoms with Crippen LogP contribution in [-0.4, -0.2) is 20.1 Å². The van der Waals surface area contributed by atoms with Crippen LogP contribution in [0.1, 0.15) is 5.76 Å². The van der Waals surface area contributed by atoms with Crippen LogP contribution < -0.4 is 11.0 Å². The van der Waals surface area contributed by atoms with Gasteiger partial charge in [-0.2, -0.15) is 0 Å². The summed E-state index contributed by atoms with van der Waals surface area (Å²) in [6.45, 7) is 1.62. The van der Waals surface area contributed by atoms with Crippen molar-refractivity contribution < 1.29 is 9.52 Å². The monoisotopic (exact) mass is 411 g/mol. The Bertz CT molecular complexity index is 1550. The summed E-state index contributed by atoms with van der Waals surface area (Å²) in [6.07, 6.45) is 0. The molecule has 0 unspecified atom stereocenters. The van der Waals surface area contributed by atoms with Crippen LogP contribution in [0.15, 0.2) is 80.7 Å². The average Bonchev–Trinajstić information content (AvgIpc) is 3.21. The number of rotatable bonds is 3. The fourth-order valence-electron chi connectivity index (χ4n) is 3.57. The van der Waals surface area contributed by atoms with Crippen LogP contribution in [0.3, 0.4) is 0 Å². The zero-order valence-electron chi connectivity index (χ0n) is 16.5. The second-order valence-corrected chi connectivity index (χ2v) is 7.17. The third kappa shape index (κ3) is 3.22. The molecule has 0 saturated carbocycles. The van der Waals surface area contributed by atoms with Crippen molar-refractivity contribution in [3.05, 3.63) is 93.1 Å². The summed E-state index contributed by atoms with van der Waals surface area (Å²) in [4.78, 5) is 35.5. The SMILES string of the molecule is Cc1cc(=O)c(O)c(-c2[nH]c(-c3cc4ccccc4[nH]c3=O)nc2-c2ccccc2)o1. The summed E-state index contributed by atoms with van der Waals surface area (Å²) in [6, 6.07) is 19.7. The van der Waals surface area contributed by atoms with E-state index < -0.39 is 11.2 Å². The molecule has 3 N–H and O–H groups in total. The van der Waals surface area contributed by atoms with E-state index in [0.717, 1.165) is 10.9 Å². The fraction of sp³-hybridized carbons (Fsp3) is 0.0417. The zero-order chi connectivity index (χ0) is 21.5. The minimum absolute atomic E-state index is 0.0279. The van der Waals surface area contributed by atoms with Gasteiger partial charge in [-0.15, -0.1) is 0 Å². The summed E-state index contributed by atoms with van der Waals surface area (Å²) in [5.74, 6) is 0.0890. The number of aromatic hydroxyl groups is 1. The molecule has 152 valence electrons. The van der Waals surface area contributed by atoms with E-state index in [2.05, 4.69) is 15.0 Å². The molecule has 0 saturated heterocycles. The Morgan fingerprint density at radius 3 is 2.48 bits per heavy atom. The number of para-hydroxylation sites is 1. The number of hydrogen-bond acceptors (Lipinski definition) is 5. The summed E-state index contributed by atoms with van der Waals surface area (Å²) in [7, 11) is 0. The lowest BCUT2D eigenvalue weighted by Gasteiger charge is -2.05. The Kier molecular flexibility index (Phi) is 4.29. The van der Waals surface area contributed by atoms with E-state index in [9.17, 15) is 14.7 Å². The maximum atomic E-state index is 12.8. The second-order valence-electron chi connectivity index (χ2n) is 7.17. The van der Waals surface area contributed by atoms with Gasteiger partial charge in [-0.1, -0.05) is 48.5 Å². The van der Waals surface area contributed by atoms with Gasteiger partial charge in [-0.3, -0.25) is 9.59 Å². The fourth-order valence-corrected chi connectivity index (χ4v) is 3.57. The van der Waals surface area contributed by atoms with Crippen LogP contribution in [0.2, 0.25) is 0 Å². The van der Waals surface area contributed by atoms with Crippen molar-refractivity contribution in [2.75, 3.05) is 0 Å². The van der Waals surface area contributed by atoms with E-state index in [4.69, 9.17) is 4.42 Å². The molecular formula is C24H17N3O4. The molecule has 2 aromatic carbocycles. The van der Waals surface area contributed by atoms with Crippen molar-refractivity contribution in [1.29, 1.82) is 0 Å². The molecule has 0 fully saturated rings. The maximum absolute atomic E-state index is 12.8. The Morgan fingerprint density at radius 1 is 0.935 bits per heavy atom. The molecule has 3 heterocycles. The van der Waals surface area contributed by atoms with Gasteiger partial charge in [0.25, 0.3) is 5.56 Å². The Labute approximate surface area is 175 Å². The highest BCUT2D eigenvalue weighted by molar-refractivity contribution is 5.85. The van der Waals surface area contributed by atoms with Crippen molar-refractivity contribution in [3.8, 4) is 39.8 Å². The first-order chi connectivity index (χ1) is 15.0. The molecule has 0 aliphatic rings. The van der Waals surface area contributed by atoms with E-state index in [1.165, 1.54) is 6.07 Å². The standard InChI is InChI=1S/C24H17N3O4/c1-13-11-18(28)21(29)22(31-13)20-19(14-7-3-2-4-8-14)26-23(27-20)16-12-15-9-5-6-10-17(15)25-24(16)30/h2-12,29H,1H3,(H,25,30)(H,26,27). The number of aromatic amines is 2. The van der Waals surface area contributed by atoms with Gasteiger partial charge in [-0.25, -0.2) is 4.98 Å². The number of pyridine rings is 1. The highest BCUT2D eigenvalue weighted by Gasteiger charge is 2.22. The van der Waals surface area contributed by atoms with E-state index in [1.807, 2.05) is 54.6 Å². The van der Waals surface area contributed by atoms with Gasteiger partial charge in [0.15, 0.2) is 5.76 Å². The van der Waals surface area contributed by atoms with Crippen LogP contribution in [0.25, 0.3) is 45.0 Å². The third-order valence-corrected chi connectivity index (χ3v) is 5.03. The van der Waals surface area contributed by atoms with Crippen LogP contribution in [0.4, 0.5) is 0 Å². The summed E-state index contributed by atoms with van der Waals surface area (Å²) in [5, 5.41) is 11.2. The van der Waals surface area contributed by atoms with Gasteiger partial charge >= 0.3 is 0 Å². The summed E-state index contributed by atoms with van der Waals surface area (Å²) >= 11 is 0. The van der Waals surface area contributed by atoms with Gasteiger partial charge in [0, 0.05) is 17.1 Å². The van der Waals surface area contributed by atoms with E-state index in [-0.39, 0.29) is 11.3 Å². The smallest absolute Gasteiger partial charge is 0.259 e. The molecule has 31 heavy (non-hydrogen) atoms. The first-order valence-electron chi connectivity index (χ1n) is 9.63. The minimum atomic E-state index is -0.558. The van der Waals surface area contributed by atoms with Gasteiger partial charge in [0.05, 0.1) is 5.56 Å². The first kappa shape index (κ1) is 18.6. The number of H-pyrrole nitrogens is 2. The topological polar surface area (TPSA) is 112 Å². The molecule has 0 radical (unpaired) electrons. The van der Waals surface area contributed by atoms with Crippen molar-refractivity contribution in [3.63, 3.8) is 0 Å². The normalized spacial score (nSPS) is 11.1. The highest BCUT2D eigenvalue weighted by atomic mass is 16.4. The van der Waals surface area contributed by atoms with Gasteiger partial charge < -0.3 is 19.5 Å². The molecule has 0 spiro atoms. The van der Waals surface area contributed by atoms with Crippen molar-refractivity contribution in [2.24, 2.45) is 0 Å². The summed E-state index contributed by atoms with van der Waals surface area (Å²) in [5.41, 5.74) is 1.68. The van der Waals surface area contributed by atoms with E-state index in [0.29, 0.717) is 34.1 Å². The van der Waals surface area contributed by atoms with Gasteiger partial charge in [-0.05, 0) is 24.4 Å². The van der Waals surface area contributed by atoms with Gasteiger partial charge in [0.1, 0.15) is 23.0 Å². The molecule has 7 heteroatoms. The van der Waals surface area contributed by atoms with E-state index >= 15 is 0 Å². The Morgan fingerprint density at radius 2 is 1.68 bits per heavy atom. The second kappa shape index (κ2) is 7.14. The third-order valence-electron chi connectivity index (χ3n) is 5.03. The van der Waals surface area contributed by atoms with Crippen LogP contribution in [-0.2, 0) is 0 Å². The number of nitrogens with one attached hydrogen (secondary N) is 2. The van der Waals surface area contributed by atoms with Crippen molar-refractivity contribution in [1.82, 2.24) is 15.0 Å². The maximum Gasteiger partial charge on any atom is 0.259 e. The molecule has 5 rings (SSSR count). The van der Waals surface area contributed by atoms with E-state index in [1.54, 1.807) is 13.0 Å². The predicted molar refractivity (Wildman–Crippen MR) is 118 cm³/mol. The predicted octanol–water partition coefficient (Wildman–Crippen LogP) is 4.22. The molecule has 0 amide bonds. The Hall–Kier alpha value is -4.39. The number of fused-ring (bicyclic) bond motifs is 1. The zero-order valence-corrected chi connectivity index (χ0v) is 16.5. The quantitative estimate of drug-likeness (QED) is 0.412. The molecule has 5 aromatic rings. The molecular weight excluding hydrogens is 394 g/mol. The number of nitrogens with zero attached hydrogens (tertiary/aromatic N) is 1. The number of hydrogen-bond donors (Lipinski definition) is 3. The molecule has 0 atom stereocenters. The molecule has 7 nitrogen and oxygen atoms in total. The number of aromatic nitrogens is 3. The largest absolute Gasteiger partial charge is 0.501 e. The highest BCUT2D eigenvalue weighted by Crippen LogP contribution is 2.36. The minimum Gasteiger partial charge on any atom is -0.501 e. The molecule has 0 bridgehead atoms. The number of benzene rings is 2. The van der Waals surface area contributed by atoms with Crippen molar-refractivity contribution >= 4 is 10.9 Å². The molecule has 3 aromatic heterocycles. The lowest BCUT2D eigenvalue weighted by molar-refractivity contribution is 0.429. The summed E-state index contributed by atoms with van der Waals surface area (Å²) < 4.78 is 5.68. The number of aryl methyl sites for hydroxylation is 1. The average molecular weight is 411 g/mol. The number of imidazole rings is 1. The van der Waals surface area contributed by atoms with Crippen LogP contribution >= 0.6 is 0 Å². The Balaban J connectivity index is 1.80. The van der Waals surface area contributed by atoms with Crippen LogP contribution in [0.5, 0.6) is 5.75 Å². The first-order valence-corrected chi connectivity index (χ1v) is 9.63. The molecule has 0 aliphatic carbocycles. The lowest BCUT2D eigenvalue weighted by Crippen LogP contribution is -2.09. The molecule has 0 aliphatic heterocycles.